The number of hydrogen-bond donors (Lipinski definition) is 1. The summed E-state index contributed by atoms with van der Waals surface area (Å²) in [4.78, 5) is 13.0. The highest BCUT2D eigenvalue weighted by atomic mass is 32.2. The first kappa shape index (κ1) is 20.5. The van der Waals surface area contributed by atoms with Gasteiger partial charge in [0.25, 0.3) is 0 Å². The fraction of sp³-hybridized carbons (Fsp3) is 0.192. The Morgan fingerprint density at radius 1 is 0.875 bits per heavy atom. The molecule has 0 saturated heterocycles. The molecule has 1 aromatic heterocycles. The van der Waals surface area contributed by atoms with Gasteiger partial charge >= 0.3 is 0 Å². The van der Waals surface area contributed by atoms with Crippen LogP contribution in [0.2, 0.25) is 0 Å². The summed E-state index contributed by atoms with van der Waals surface area (Å²) in [6.45, 7) is 0. The summed E-state index contributed by atoms with van der Waals surface area (Å²) in [5.41, 5.74) is 3.15. The molecule has 1 N–H and O–H groups in total. The van der Waals surface area contributed by atoms with E-state index < -0.39 is 0 Å². The summed E-state index contributed by atoms with van der Waals surface area (Å²) in [6.07, 6.45) is 2.29. The Labute approximate surface area is 191 Å². The van der Waals surface area contributed by atoms with E-state index in [9.17, 15) is 4.79 Å². The van der Waals surface area contributed by atoms with Crippen molar-refractivity contribution >= 4 is 17.7 Å². The molecule has 1 saturated carbocycles. The van der Waals surface area contributed by atoms with Gasteiger partial charge in [-0.1, -0.05) is 90.6 Å². The van der Waals surface area contributed by atoms with Crippen LogP contribution in [0.1, 0.15) is 41.8 Å². The lowest BCUT2D eigenvalue weighted by atomic mass is 9.99. The van der Waals surface area contributed by atoms with Crippen LogP contribution in [0.4, 0.5) is 0 Å². The van der Waals surface area contributed by atoms with Crippen LogP contribution >= 0.6 is 11.8 Å². The highest BCUT2D eigenvalue weighted by molar-refractivity contribution is 7.99. The lowest BCUT2D eigenvalue weighted by molar-refractivity contribution is -0.119. The van der Waals surface area contributed by atoms with Crippen molar-refractivity contribution in [1.82, 2.24) is 20.1 Å². The number of carbonyl (C=O) groups excluding carboxylic acids is 1. The van der Waals surface area contributed by atoms with Gasteiger partial charge in [-0.2, -0.15) is 0 Å². The van der Waals surface area contributed by atoms with Crippen LogP contribution in [-0.2, 0) is 4.79 Å². The molecule has 0 unspecified atom stereocenters. The Balaban J connectivity index is 1.34. The van der Waals surface area contributed by atoms with Crippen molar-refractivity contribution in [3.8, 4) is 5.69 Å². The van der Waals surface area contributed by atoms with Crippen molar-refractivity contribution < 1.29 is 4.79 Å². The number of para-hydroxylation sites is 1. The van der Waals surface area contributed by atoms with Crippen LogP contribution in [-0.4, -0.2) is 26.4 Å². The van der Waals surface area contributed by atoms with Crippen molar-refractivity contribution in [2.45, 2.75) is 30.0 Å². The maximum Gasteiger partial charge on any atom is 0.231 e. The minimum atomic E-state index is -0.195. The SMILES string of the molecule is O=C(CSc1nnc(C2CC2)n1-c1ccccc1)NC(c1ccccc1)c1ccccc1. The maximum absolute atomic E-state index is 13.0. The Morgan fingerprint density at radius 2 is 1.44 bits per heavy atom. The van der Waals surface area contributed by atoms with E-state index in [1.165, 1.54) is 11.8 Å². The number of aromatic nitrogens is 3. The van der Waals surface area contributed by atoms with Crippen LogP contribution in [0.3, 0.4) is 0 Å². The van der Waals surface area contributed by atoms with Crippen LogP contribution in [0, 0.1) is 0 Å². The van der Waals surface area contributed by atoms with Gasteiger partial charge in [0, 0.05) is 11.6 Å². The fourth-order valence-electron chi connectivity index (χ4n) is 3.78. The molecule has 0 radical (unpaired) electrons. The highest BCUT2D eigenvalue weighted by Gasteiger charge is 2.31. The average Bonchev–Trinajstić information content (AvgIpc) is 3.62. The number of amides is 1. The summed E-state index contributed by atoms with van der Waals surface area (Å²) >= 11 is 1.43. The van der Waals surface area contributed by atoms with E-state index in [4.69, 9.17) is 0 Å². The molecule has 4 aromatic rings. The molecule has 160 valence electrons. The molecule has 1 aliphatic rings. The van der Waals surface area contributed by atoms with Gasteiger partial charge in [-0.05, 0) is 36.1 Å². The number of carbonyl (C=O) groups is 1. The van der Waals surface area contributed by atoms with E-state index in [1.54, 1.807) is 0 Å². The van der Waals surface area contributed by atoms with Gasteiger partial charge in [-0.15, -0.1) is 10.2 Å². The number of nitrogens with zero attached hydrogens (tertiary/aromatic N) is 3. The van der Waals surface area contributed by atoms with Crippen LogP contribution < -0.4 is 5.32 Å². The normalized spacial score (nSPS) is 13.3. The first-order chi connectivity index (χ1) is 15.8. The second-order valence-electron chi connectivity index (χ2n) is 7.90. The van der Waals surface area contributed by atoms with E-state index in [0.29, 0.717) is 5.92 Å². The highest BCUT2D eigenvalue weighted by Crippen LogP contribution is 2.41. The Kier molecular flexibility index (Phi) is 6.03. The van der Waals surface area contributed by atoms with E-state index >= 15 is 0 Å². The second-order valence-corrected chi connectivity index (χ2v) is 8.84. The molecule has 1 aliphatic carbocycles. The van der Waals surface area contributed by atoms with E-state index in [2.05, 4.69) is 32.2 Å². The summed E-state index contributed by atoms with van der Waals surface area (Å²) in [5, 5.41) is 12.8. The molecular formula is C26H24N4OS. The smallest absolute Gasteiger partial charge is 0.231 e. The first-order valence-electron chi connectivity index (χ1n) is 10.8. The topological polar surface area (TPSA) is 59.8 Å². The van der Waals surface area contributed by atoms with Gasteiger partial charge in [0.1, 0.15) is 5.82 Å². The largest absolute Gasteiger partial charge is 0.344 e. The van der Waals surface area contributed by atoms with E-state index in [0.717, 1.165) is 40.6 Å². The quantitative estimate of drug-likeness (QED) is 0.385. The molecule has 0 aliphatic heterocycles. The van der Waals surface area contributed by atoms with Gasteiger partial charge in [0.05, 0.1) is 11.8 Å². The third kappa shape index (κ3) is 4.60. The maximum atomic E-state index is 13.0. The number of nitrogens with one attached hydrogen (secondary N) is 1. The standard InChI is InChI=1S/C26H24N4OS/c31-23(27-24(19-10-4-1-5-11-19)20-12-6-2-7-13-20)18-32-26-29-28-25(21-16-17-21)30(26)22-14-8-3-9-15-22/h1-15,21,24H,16-18H2,(H,27,31). The molecule has 32 heavy (non-hydrogen) atoms. The summed E-state index contributed by atoms with van der Waals surface area (Å²) < 4.78 is 2.10. The second kappa shape index (κ2) is 9.40. The molecule has 1 amide bonds. The molecule has 3 aromatic carbocycles. The van der Waals surface area contributed by atoms with Crippen molar-refractivity contribution in [2.75, 3.05) is 5.75 Å². The van der Waals surface area contributed by atoms with E-state index in [-0.39, 0.29) is 17.7 Å². The molecule has 5 rings (SSSR count). The third-order valence-electron chi connectivity index (χ3n) is 5.52. The molecular weight excluding hydrogens is 416 g/mol. The van der Waals surface area contributed by atoms with Gasteiger partial charge in [0.15, 0.2) is 5.16 Å². The molecule has 0 spiro atoms. The Hall–Kier alpha value is -3.38. The average molecular weight is 441 g/mol. The number of hydrogen-bond acceptors (Lipinski definition) is 4. The van der Waals surface area contributed by atoms with Gasteiger partial charge in [-0.3, -0.25) is 9.36 Å². The summed E-state index contributed by atoms with van der Waals surface area (Å²) in [5.74, 6) is 1.69. The number of thioether (sulfide) groups is 1. The predicted molar refractivity (Wildman–Crippen MR) is 127 cm³/mol. The van der Waals surface area contributed by atoms with Crippen LogP contribution in [0.25, 0.3) is 5.69 Å². The lowest BCUT2D eigenvalue weighted by Gasteiger charge is -2.20. The number of rotatable bonds is 8. The monoisotopic (exact) mass is 440 g/mol. The molecule has 5 nitrogen and oxygen atoms in total. The van der Waals surface area contributed by atoms with Crippen molar-refractivity contribution in [3.05, 3.63) is 108 Å². The first-order valence-corrected chi connectivity index (χ1v) is 11.8. The van der Waals surface area contributed by atoms with E-state index in [1.807, 2.05) is 78.9 Å². The molecule has 6 heteroatoms. The van der Waals surface area contributed by atoms with Crippen molar-refractivity contribution in [2.24, 2.45) is 0 Å². The minimum Gasteiger partial charge on any atom is -0.344 e. The molecule has 0 bridgehead atoms. The zero-order valence-electron chi connectivity index (χ0n) is 17.6. The summed E-state index contributed by atoms with van der Waals surface area (Å²) in [6, 6.07) is 30.0. The van der Waals surface area contributed by atoms with Gasteiger partial charge in [-0.25, -0.2) is 0 Å². The molecule has 1 fully saturated rings. The zero-order chi connectivity index (χ0) is 21.8. The van der Waals surface area contributed by atoms with Crippen molar-refractivity contribution in [3.63, 3.8) is 0 Å². The Morgan fingerprint density at radius 3 is 2.00 bits per heavy atom. The van der Waals surface area contributed by atoms with Crippen LogP contribution in [0.5, 0.6) is 0 Å². The molecule has 1 heterocycles. The van der Waals surface area contributed by atoms with Crippen LogP contribution in [0.15, 0.2) is 96.2 Å². The Bertz CT molecular complexity index is 1130. The van der Waals surface area contributed by atoms with Crippen molar-refractivity contribution in [1.29, 1.82) is 0 Å². The summed E-state index contributed by atoms with van der Waals surface area (Å²) in [7, 11) is 0. The fourth-order valence-corrected chi connectivity index (χ4v) is 4.55. The molecule has 0 atom stereocenters. The lowest BCUT2D eigenvalue weighted by Crippen LogP contribution is -2.30. The van der Waals surface area contributed by atoms with Gasteiger partial charge < -0.3 is 5.32 Å². The third-order valence-corrected chi connectivity index (χ3v) is 6.45. The minimum absolute atomic E-state index is 0.0386. The predicted octanol–water partition coefficient (Wildman–Crippen LogP) is 5.14. The number of benzene rings is 3. The van der Waals surface area contributed by atoms with Gasteiger partial charge in [0.2, 0.25) is 5.91 Å². The zero-order valence-corrected chi connectivity index (χ0v) is 18.4.